The molecule has 19 heavy (non-hydrogen) atoms. The molecular weight excluding hydrogens is 260 g/mol. The van der Waals surface area contributed by atoms with Crippen LogP contribution in [-0.4, -0.2) is 21.0 Å². The fraction of sp³-hybridized carbons (Fsp3) is 0.357. The minimum Gasteiger partial charge on any atom is -0.477 e. The van der Waals surface area contributed by atoms with Crippen LogP contribution in [0.3, 0.4) is 0 Å². The molecule has 0 saturated heterocycles. The smallest absolute Gasteiger partial charge is 0.347 e. The number of nitrogens with zero attached hydrogens (tertiary/aromatic N) is 2. The molecule has 5 heteroatoms. The standard InChI is InChI=1S/C14H16N2O2S/c1-8-6-5-7-9(15-8)12-16-11(14(2,3)4)10(19-12)13(17)18/h5-7H,1-4H3,(H,17,18). The molecular formula is C14H16N2O2S. The van der Waals surface area contributed by atoms with Crippen LogP contribution < -0.4 is 0 Å². The molecule has 0 aliphatic rings. The highest BCUT2D eigenvalue weighted by molar-refractivity contribution is 7.17. The second kappa shape index (κ2) is 4.74. The van der Waals surface area contributed by atoms with E-state index in [9.17, 15) is 9.90 Å². The van der Waals surface area contributed by atoms with Crippen LogP contribution in [0, 0.1) is 6.92 Å². The van der Waals surface area contributed by atoms with Crippen molar-refractivity contribution in [2.24, 2.45) is 0 Å². The first-order valence-corrected chi connectivity index (χ1v) is 6.79. The second-order valence-corrected chi connectivity index (χ2v) is 6.42. The zero-order valence-corrected chi connectivity index (χ0v) is 12.2. The second-order valence-electron chi connectivity index (χ2n) is 5.42. The van der Waals surface area contributed by atoms with Crippen LogP contribution >= 0.6 is 11.3 Å². The van der Waals surface area contributed by atoms with Gasteiger partial charge in [-0.05, 0) is 19.1 Å². The molecule has 2 rings (SSSR count). The Hall–Kier alpha value is -1.75. The van der Waals surface area contributed by atoms with E-state index >= 15 is 0 Å². The van der Waals surface area contributed by atoms with Gasteiger partial charge in [-0.15, -0.1) is 11.3 Å². The zero-order chi connectivity index (χ0) is 14.2. The van der Waals surface area contributed by atoms with Crippen LogP contribution in [0.25, 0.3) is 10.7 Å². The lowest BCUT2D eigenvalue weighted by atomic mass is 9.91. The van der Waals surface area contributed by atoms with E-state index < -0.39 is 5.97 Å². The Bertz CT molecular complexity index is 627. The van der Waals surface area contributed by atoms with E-state index in [4.69, 9.17) is 0 Å². The van der Waals surface area contributed by atoms with Gasteiger partial charge in [0.1, 0.15) is 9.88 Å². The molecule has 0 atom stereocenters. The Morgan fingerprint density at radius 1 is 1.26 bits per heavy atom. The predicted molar refractivity (Wildman–Crippen MR) is 75.7 cm³/mol. The summed E-state index contributed by atoms with van der Waals surface area (Å²) in [5.74, 6) is -0.929. The summed E-state index contributed by atoms with van der Waals surface area (Å²) in [6.07, 6.45) is 0. The molecule has 4 nitrogen and oxygen atoms in total. The van der Waals surface area contributed by atoms with Crippen molar-refractivity contribution in [3.63, 3.8) is 0 Å². The largest absolute Gasteiger partial charge is 0.477 e. The van der Waals surface area contributed by atoms with Gasteiger partial charge in [0.2, 0.25) is 0 Å². The van der Waals surface area contributed by atoms with Crippen LogP contribution in [0.1, 0.15) is 41.8 Å². The molecule has 0 amide bonds. The van der Waals surface area contributed by atoms with Crippen molar-refractivity contribution in [3.8, 4) is 10.7 Å². The fourth-order valence-corrected chi connectivity index (χ4v) is 2.83. The summed E-state index contributed by atoms with van der Waals surface area (Å²) in [4.78, 5) is 20.5. The predicted octanol–water partition coefficient (Wildman–Crippen LogP) is 3.51. The number of thiazole rings is 1. The minimum absolute atomic E-state index is 0.297. The summed E-state index contributed by atoms with van der Waals surface area (Å²) in [5, 5.41) is 9.95. The third-order valence-corrected chi connectivity index (χ3v) is 3.71. The van der Waals surface area contributed by atoms with Gasteiger partial charge in [0.05, 0.1) is 11.4 Å². The van der Waals surface area contributed by atoms with Gasteiger partial charge in [0.15, 0.2) is 0 Å². The quantitative estimate of drug-likeness (QED) is 0.911. The Morgan fingerprint density at radius 3 is 2.42 bits per heavy atom. The number of aromatic nitrogens is 2. The summed E-state index contributed by atoms with van der Waals surface area (Å²) in [6.45, 7) is 7.78. The average molecular weight is 276 g/mol. The van der Waals surface area contributed by atoms with Gasteiger partial charge in [-0.25, -0.2) is 9.78 Å². The summed E-state index contributed by atoms with van der Waals surface area (Å²) >= 11 is 1.18. The van der Waals surface area contributed by atoms with Crippen molar-refractivity contribution in [2.45, 2.75) is 33.1 Å². The SMILES string of the molecule is Cc1cccc(-c2nc(C(C)(C)C)c(C(=O)O)s2)n1. The topological polar surface area (TPSA) is 63.1 Å². The lowest BCUT2D eigenvalue weighted by Gasteiger charge is -2.15. The van der Waals surface area contributed by atoms with E-state index in [0.29, 0.717) is 15.6 Å². The van der Waals surface area contributed by atoms with Crippen molar-refractivity contribution in [3.05, 3.63) is 34.5 Å². The average Bonchev–Trinajstić information content (AvgIpc) is 2.73. The minimum atomic E-state index is -0.929. The third kappa shape index (κ3) is 2.81. The lowest BCUT2D eigenvalue weighted by Crippen LogP contribution is -2.16. The van der Waals surface area contributed by atoms with E-state index in [0.717, 1.165) is 11.4 Å². The van der Waals surface area contributed by atoms with Gasteiger partial charge in [-0.1, -0.05) is 26.8 Å². The number of carboxylic acid groups (broad SMARTS) is 1. The zero-order valence-electron chi connectivity index (χ0n) is 11.4. The third-order valence-electron chi connectivity index (χ3n) is 2.64. The van der Waals surface area contributed by atoms with Gasteiger partial charge in [-0.2, -0.15) is 0 Å². The van der Waals surface area contributed by atoms with Gasteiger partial charge in [-0.3, -0.25) is 4.98 Å². The van der Waals surface area contributed by atoms with E-state index in [1.807, 2.05) is 45.9 Å². The molecule has 0 unspecified atom stereocenters. The van der Waals surface area contributed by atoms with E-state index in [1.54, 1.807) is 0 Å². The van der Waals surface area contributed by atoms with Crippen LogP contribution in [0.5, 0.6) is 0 Å². The number of aryl methyl sites for hydroxylation is 1. The van der Waals surface area contributed by atoms with E-state index in [-0.39, 0.29) is 5.41 Å². The highest BCUT2D eigenvalue weighted by Gasteiger charge is 2.27. The molecule has 2 aromatic heterocycles. The normalized spacial score (nSPS) is 11.6. The Morgan fingerprint density at radius 2 is 1.95 bits per heavy atom. The highest BCUT2D eigenvalue weighted by atomic mass is 32.1. The maximum Gasteiger partial charge on any atom is 0.347 e. The number of hydrogen-bond donors (Lipinski definition) is 1. The Kier molecular flexibility index (Phi) is 3.41. The van der Waals surface area contributed by atoms with Gasteiger partial charge >= 0.3 is 5.97 Å². The van der Waals surface area contributed by atoms with Crippen molar-refractivity contribution < 1.29 is 9.90 Å². The van der Waals surface area contributed by atoms with Gasteiger partial charge < -0.3 is 5.11 Å². The maximum absolute atomic E-state index is 11.3. The molecule has 2 heterocycles. The first-order valence-electron chi connectivity index (χ1n) is 5.97. The van der Waals surface area contributed by atoms with Crippen LogP contribution in [0.15, 0.2) is 18.2 Å². The molecule has 0 saturated carbocycles. The van der Waals surface area contributed by atoms with Crippen LogP contribution in [0.2, 0.25) is 0 Å². The van der Waals surface area contributed by atoms with Crippen molar-refractivity contribution in [1.82, 2.24) is 9.97 Å². The summed E-state index contributed by atoms with van der Waals surface area (Å²) in [5.41, 5.74) is 1.93. The number of rotatable bonds is 2. The van der Waals surface area contributed by atoms with E-state index in [2.05, 4.69) is 9.97 Å². The van der Waals surface area contributed by atoms with Gasteiger partial charge in [0, 0.05) is 11.1 Å². The number of carbonyl (C=O) groups is 1. The number of carboxylic acids is 1. The van der Waals surface area contributed by atoms with Crippen molar-refractivity contribution in [1.29, 1.82) is 0 Å². The van der Waals surface area contributed by atoms with Crippen molar-refractivity contribution >= 4 is 17.3 Å². The summed E-state index contributed by atoms with van der Waals surface area (Å²) in [6, 6.07) is 5.65. The molecule has 0 aromatic carbocycles. The molecule has 0 bridgehead atoms. The number of pyridine rings is 1. The van der Waals surface area contributed by atoms with Crippen LogP contribution in [-0.2, 0) is 5.41 Å². The van der Waals surface area contributed by atoms with Gasteiger partial charge in [0.25, 0.3) is 0 Å². The van der Waals surface area contributed by atoms with E-state index in [1.165, 1.54) is 11.3 Å². The molecule has 0 radical (unpaired) electrons. The highest BCUT2D eigenvalue weighted by Crippen LogP contribution is 2.33. The monoisotopic (exact) mass is 276 g/mol. The summed E-state index contributed by atoms with van der Waals surface area (Å²) in [7, 11) is 0. The molecule has 100 valence electrons. The number of aromatic carboxylic acids is 1. The number of hydrogen-bond acceptors (Lipinski definition) is 4. The summed E-state index contributed by atoms with van der Waals surface area (Å²) < 4.78 is 0. The van der Waals surface area contributed by atoms with Crippen molar-refractivity contribution in [2.75, 3.05) is 0 Å². The van der Waals surface area contributed by atoms with Crippen LogP contribution in [0.4, 0.5) is 0 Å². The fourth-order valence-electron chi connectivity index (χ4n) is 1.75. The lowest BCUT2D eigenvalue weighted by molar-refractivity contribution is 0.0699. The molecule has 1 N–H and O–H groups in total. The Labute approximate surface area is 116 Å². The molecule has 0 aliphatic heterocycles. The molecule has 2 aromatic rings. The maximum atomic E-state index is 11.3. The Balaban J connectivity index is 2.58. The first kappa shape index (κ1) is 13.7. The first-order chi connectivity index (χ1) is 8.79. The molecule has 0 aliphatic carbocycles. The molecule has 0 spiro atoms. The molecule has 0 fully saturated rings.